The Morgan fingerprint density at radius 3 is 2.49 bits per heavy atom. The van der Waals surface area contributed by atoms with Gasteiger partial charge in [0, 0.05) is 10.4 Å². The first kappa shape index (κ1) is 35.5. The maximum atomic E-state index is 13.4. The Morgan fingerprint density at radius 1 is 1.26 bits per heavy atom. The van der Waals surface area contributed by atoms with Gasteiger partial charge in [-0.15, -0.1) is 15.6 Å². The summed E-state index contributed by atoms with van der Waals surface area (Å²) in [7, 11) is -5.02. The van der Waals surface area contributed by atoms with E-state index in [4.69, 9.17) is 25.6 Å². The van der Waals surface area contributed by atoms with Crippen molar-refractivity contribution in [1.82, 2.24) is 20.7 Å². The second-order valence-corrected chi connectivity index (χ2v) is 13.2. The minimum Gasteiger partial charge on any atom is -0.489 e. The van der Waals surface area contributed by atoms with Crippen molar-refractivity contribution in [2.24, 2.45) is 15.9 Å². The van der Waals surface area contributed by atoms with Gasteiger partial charge in [0.2, 0.25) is 0 Å². The van der Waals surface area contributed by atoms with Gasteiger partial charge < -0.3 is 36.8 Å². The largest absolute Gasteiger partial charge is 0.489 e. The van der Waals surface area contributed by atoms with Crippen molar-refractivity contribution >= 4 is 56.2 Å². The van der Waals surface area contributed by atoms with Gasteiger partial charge in [-0.1, -0.05) is 12.1 Å². The first-order valence-corrected chi connectivity index (χ1v) is 16.6. The van der Waals surface area contributed by atoms with Crippen LogP contribution in [-0.4, -0.2) is 101 Å². The van der Waals surface area contributed by atoms with Crippen LogP contribution in [0.25, 0.3) is 0 Å². The summed E-state index contributed by atoms with van der Waals surface area (Å²) in [4.78, 5) is 52.6. The number of rotatable bonds is 14. The van der Waals surface area contributed by atoms with E-state index in [0.717, 1.165) is 37.3 Å². The number of oxime groups is 1. The fraction of sp³-hybridized carbons (Fsp3) is 0.481. The number of carbonyl (C=O) groups excluding carboxylic acids is 2. The lowest BCUT2D eigenvalue weighted by atomic mass is 9.84. The number of nitrogens with one attached hydrogen (secondary N) is 2. The van der Waals surface area contributed by atoms with Crippen LogP contribution in [0, 0.1) is 0 Å². The molecule has 256 valence electrons. The number of piperidine rings is 1. The number of nitrogen functional groups attached to an aromatic ring is 1. The molecule has 0 radical (unpaired) electrons. The quantitative estimate of drug-likeness (QED) is 0.0493. The third kappa shape index (κ3) is 8.71. The number of β-lactam (4-membered cyclic amide) rings is 1. The molecule has 47 heavy (non-hydrogen) atoms. The number of carboxylic acid groups (broad SMARTS) is 1. The van der Waals surface area contributed by atoms with E-state index in [1.807, 2.05) is 0 Å². The Hall–Kier alpha value is -4.37. The molecule has 0 bridgehead atoms. The van der Waals surface area contributed by atoms with E-state index in [-0.39, 0.29) is 16.9 Å². The SMILES string of the molecule is CCc1sc(N)nc1/C(=N/O[C@@H](COc1ccc(C(N)=NC2CCNCC2)cc1)C(=O)O)C(=O)N[C@@H]1C(=O)N(OS(=O)(=O)O)C1(C)C. The topological polar surface area (TPSA) is 270 Å². The van der Waals surface area contributed by atoms with E-state index in [9.17, 15) is 27.9 Å². The molecule has 4 rings (SSSR count). The summed E-state index contributed by atoms with van der Waals surface area (Å²) in [6.07, 6.45) is 0.461. The Balaban J connectivity index is 1.48. The molecule has 0 spiro atoms. The molecule has 2 saturated heterocycles. The van der Waals surface area contributed by atoms with Crippen molar-refractivity contribution in [2.75, 3.05) is 25.4 Å². The summed E-state index contributed by atoms with van der Waals surface area (Å²) in [5.74, 6) is -2.76. The van der Waals surface area contributed by atoms with Gasteiger partial charge in [-0.05, 0) is 70.5 Å². The van der Waals surface area contributed by atoms with Crippen LogP contribution in [0.4, 0.5) is 5.13 Å². The van der Waals surface area contributed by atoms with Gasteiger partial charge >= 0.3 is 16.4 Å². The number of carbonyl (C=O) groups is 3. The number of ether oxygens (including phenoxy) is 1. The Labute approximate surface area is 274 Å². The first-order valence-electron chi connectivity index (χ1n) is 14.4. The molecule has 2 aliphatic rings. The first-order chi connectivity index (χ1) is 22.1. The number of thiazole rings is 1. The molecule has 0 aliphatic carbocycles. The molecule has 2 aromatic rings. The molecule has 2 fully saturated rings. The number of nitrogens with zero attached hydrogens (tertiary/aromatic N) is 4. The summed E-state index contributed by atoms with van der Waals surface area (Å²) in [5, 5.41) is 19.8. The van der Waals surface area contributed by atoms with Gasteiger partial charge in [-0.2, -0.15) is 13.5 Å². The highest BCUT2D eigenvalue weighted by Crippen LogP contribution is 2.33. The number of hydrogen-bond donors (Lipinski definition) is 6. The average Bonchev–Trinajstić information content (AvgIpc) is 3.40. The number of aliphatic carboxylic acids is 1. The number of benzene rings is 1. The van der Waals surface area contributed by atoms with Crippen molar-refractivity contribution in [3.8, 4) is 5.75 Å². The number of amides is 2. The molecular formula is C27H36N8O10S2. The predicted octanol–water partition coefficient (Wildman–Crippen LogP) is -0.162. The Morgan fingerprint density at radius 2 is 1.91 bits per heavy atom. The molecule has 1 aromatic carbocycles. The Bertz CT molecular complexity index is 1650. The fourth-order valence-corrected chi connectivity index (χ4v) is 6.00. The van der Waals surface area contributed by atoms with Gasteiger partial charge in [-0.25, -0.2) is 9.78 Å². The van der Waals surface area contributed by atoms with E-state index >= 15 is 0 Å². The van der Waals surface area contributed by atoms with E-state index in [1.165, 1.54) is 13.8 Å². The number of aromatic nitrogens is 1. The second kappa shape index (κ2) is 14.6. The summed E-state index contributed by atoms with van der Waals surface area (Å²) < 4.78 is 41.2. The third-order valence-electron chi connectivity index (χ3n) is 7.32. The van der Waals surface area contributed by atoms with Crippen LogP contribution in [0.1, 0.15) is 49.7 Å². The van der Waals surface area contributed by atoms with Crippen LogP contribution in [0.2, 0.25) is 0 Å². The number of hydroxylamine groups is 2. The van der Waals surface area contributed by atoms with Crippen LogP contribution < -0.4 is 26.8 Å². The molecule has 2 aliphatic heterocycles. The number of aryl methyl sites for hydroxylation is 1. The molecular weight excluding hydrogens is 660 g/mol. The molecule has 8 N–H and O–H groups in total. The van der Waals surface area contributed by atoms with Crippen molar-refractivity contribution in [3.05, 3.63) is 40.4 Å². The maximum Gasteiger partial charge on any atom is 0.418 e. The summed E-state index contributed by atoms with van der Waals surface area (Å²) in [6, 6.07) is 5.38. The van der Waals surface area contributed by atoms with Gasteiger partial charge in [0.25, 0.3) is 17.9 Å². The third-order valence-corrected chi connectivity index (χ3v) is 8.69. The van der Waals surface area contributed by atoms with Gasteiger partial charge in [0.05, 0.1) is 11.6 Å². The van der Waals surface area contributed by atoms with Crippen LogP contribution in [0.3, 0.4) is 0 Å². The van der Waals surface area contributed by atoms with Gasteiger partial charge in [0.15, 0.2) is 10.8 Å². The molecule has 1 aromatic heterocycles. The number of anilines is 1. The van der Waals surface area contributed by atoms with E-state index in [1.54, 1.807) is 31.2 Å². The lowest BCUT2D eigenvalue weighted by Gasteiger charge is -2.50. The molecule has 2 atom stereocenters. The standard InChI is InChI=1S/C27H36N8O10S2/c1-4-18-19(32-26(29)46-18)20(23(36)33-21-24(37)35(27(21,2)3)45-47(40,41)42)34-44-17(25(38)39)13-43-16-7-5-14(6-8-16)22(28)31-15-9-11-30-12-10-15/h5-8,15,17,21,30H,4,9-13H2,1-3H3,(H2,28,31)(H2,29,32)(H,33,36)(H,38,39)(H,40,41,42)/b34-20-/t17-,21+/m0/s1. The van der Waals surface area contributed by atoms with E-state index < -0.39 is 58.2 Å². The number of carboxylic acids is 1. The van der Waals surface area contributed by atoms with Crippen molar-refractivity contribution in [3.63, 3.8) is 0 Å². The summed E-state index contributed by atoms with van der Waals surface area (Å²) >= 11 is 1.07. The van der Waals surface area contributed by atoms with E-state index in [0.29, 0.717) is 33.5 Å². The Kier molecular flexibility index (Phi) is 11.0. The van der Waals surface area contributed by atoms with Gasteiger partial charge in [0.1, 0.15) is 29.9 Å². The lowest BCUT2D eigenvalue weighted by Crippen LogP contribution is -2.76. The molecule has 2 amide bonds. The van der Waals surface area contributed by atoms with Crippen molar-refractivity contribution in [1.29, 1.82) is 0 Å². The van der Waals surface area contributed by atoms with E-state index in [2.05, 4.69) is 30.0 Å². The second-order valence-electron chi connectivity index (χ2n) is 11.1. The minimum absolute atomic E-state index is 0.00694. The highest BCUT2D eigenvalue weighted by atomic mass is 32.3. The van der Waals surface area contributed by atoms with Crippen LogP contribution in [-0.2, 0) is 40.3 Å². The fourth-order valence-electron chi connectivity index (χ4n) is 4.77. The highest BCUT2D eigenvalue weighted by Gasteiger charge is 2.58. The zero-order valence-electron chi connectivity index (χ0n) is 25.7. The molecule has 18 nitrogen and oxygen atoms in total. The normalized spacial score (nSPS) is 19.5. The number of nitrogens with two attached hydrogens (primary N) is 2. The predicted molar refractivity (Wildman–Crippen MR) is 169 cm³/mol. The molecule has 20 heteroatoms. The molecule has 3 heterocycles. The summed E-state index contributed by atoms with van der Waals surface area (Å²) in [6.45, 7) is 5.75. The van der Waals surface area contributed by atoms with Crippen molar-refractivity contribution < 1.29 is 46.3 Å². The van der Waals surface area contributed by atoms with Crippen LogP contribution >= 0.6 is 11.3 Å². The number of aliphatic imine (C=N–C) groups is 1. The highest BCUT2D eigenvalue weighted by molar-refractivity contribution is 7.80. The molecule has 0 unspecified atom stereocenters. The lowest BCUT2D eigenvalue weighted by molar-refractivity contribution is -0.218. The van der Waals surface area contributed by atoms with Gasteiger partial charge in [-0.3, -0.25) is 19.1 Å². The number of amidine groups is 1. The van der Waals surface area contributed by atoms with Crippen molar-refractivity contribution in [2.45, 2.75) is 63.8 Å². The zero-order chi connectivity index (χ0) is 34.5. The van der Waals surface area contributed by atoms with Crippen LogP contribution in [0.5, 0.6) is 5.75 Å². The minimum atomic E-state index is -5.02. The average molecular weight is 697 g/mol. The van der Waals surface area contributed by atoms with Crippen LogP contribution in [0.15, 0.2) is 34.4 Å². The molecule has 0 saturated carbocycles. The monoisotopic (exact) mass is 696 g/mol. The smallest absolute Gasteiger partial charge is 0.418 e. The maximum absolute atomic E-state index is 13.4. The zero-order valence-corrected chi connectivity index (χ0v) is 27.3. The summed E-state index contributed by atoms with van der Waals surface area (Å²) in [5.41, 5.74) is 10.8. The number of hydrogen-bond acceptors (Lipinski definition) is 14.